The van der Waals surface area contributed by atoms with Crippen LogP contribution in [0.4, 0.5) is 0 Å². The molecular weight excluding hydrogens is 336 g/mol. The Bertz CT molecular complexity index is 454. The minimum atomic E-state index is -0.170. The molecule has 0 aromatic heterocycles. The van der Waals surface area contributed by atoms with Crippen LogP contribution in [0.25, 0.3) is 0 Å². The van der Waals surface area contributed by atoms with Gasteiger partial charge in [0, 0.05) is 11.0 Å². The molecule has 3 nitrogen and oxygen atoms in total. The molecule has 0 heterocycles. The van der Waals surface area contributed by atoms with Crippen LogP contribution in [-0.4, -0.2) is 17.4 Å². The summed E-state index contributed by atoms with van der Waals surface area (Å²) in [5.74, 6) is -0.170. The van der Waals surface area contributed by atoms with Gasteiger partial charge in [0.1, 0.15) is 0 Å². The van der Waals surface area contributed by atoms with Crippen molar-refractivity contribution < 1.29 is 4.79 Å². The Labute approximate surface area is 125 Å². The first-order valence-corrected chi connectivity index (χ1v) is 7.11. The van der Waals surface area contributed by atoms with Crippen LogP contribution in [0.5, 0.6) is 0 Å². The maximum Gasteiger partial charge on any atom is 0.252 e. The average molecular weight is 350 g/mol. The van der Waals surface area contributed by atoms with Gasteiger partial charge in [-0.05, 0) is 47.3 Å². The second kappa shape index (κ2) is 7.71. The first-order valence-electron chi connectivity index (χ1n) is 5.53. The number of thiocarbonyl (C=S) groups is 1. The summed E-state index contributed by atoms with van der Waals surface area (Å²) in [6, 6.07) is 5.26. The minimum absolute atomic E-state index is 0.170. The summed E-state index contributed by atoms with van der Waals surface area (Å²) in [7, 11) is 0. The normalized spacial score (nSPS) is 10.1. The van der Waals surface area contributed by atoms with E-state index in [0.717, 1.165) is 12.8 Å². The molecule has 1 rings (SSSR count). The minimum Gasteiger partial charge on any atom is -0.393 e. The Morgan fingerprint density at radius 1 is 1.44 bits per heavy atom. The summed E-state index contributed by atoms with van der Waals surface area (Å²) in [5, 5.41) is 3.24. The number of carbonyl (C=O) groups excluding carboxylic acids is 1. The van der Waals surface area contributed by atoms with Gasteiger partial charge in [0.15, 0.2) is 0 Å². The summed E-state index contributed by atoms with van der Waals surface area (Å²) in [6.07, 6.45) is 2.43. The number of halogens is 2. The molecule has 0 aliphatic carbocycles. The van der Waals surface area contributed by atoms with Crippen molar-refractivity contribution in [3.8, 4) is 0 Å². The summed E-state index contributed by atoms with van der Waals surface area (Å²) >= 11 is 14.1. The molecule has 1 aromatic rings. The van der Waals surface area contributed by atoms with Gasteiger partial charge in [-0.25, -0.2) is 0 Å². The van der Waals surface area contributed by atoms with Gasteiger partial charge in [0.05, 0.1) is 15.6 Å². The fraction of sp³-hybridized carbons (Fsp3) is 0.333. The van der Waals surface area contributed by atoms with Crippen molar-refractivity contribution in [2.45, 2.75) is 19.3 Å². The summed E-state index contributed by atoms with van der Waals surface area (Å²) in [6.45, 7) is 0.588. The highest BCUT2D eigenvalue weighted by molar-refractivity contribution is 9.10. The van der Waals surface area contributed by atoms with Gasteiger partial charge in [-0.3, -0.25) is 4.79 Å². The summed E-state index contributed by atoms with van der Waals surface area (Å²) in [5.41, 5.74) is 5.86. The molecule has 0 saturated heterocycles. The second-order valence-corrected chi connectivity index (χ2v) is 5.54. The lowest BCUT2D eigenvalue weighted by Gasteiger charge is -2.07. The van der Waals surface area contributed by atoms with Crippen molar-refractivity contribution in [1.82, 2.24) is 5.32 Å². The Hall–Kier alpha value is -0.650. The predicted molar refractivity (Wildman–Crippen MR) is 82.1 cm³/mol. The van der Waals surface area contributed by atoms with E-state index in [-0.39, 0.29) is 5.91 Å². The summed E-state index contributed by atoms with van der Waals surface area (Å²) < 4.78 is 0.713. The topological polar surface area (TPSA) is 55.1 Å². The quantitative estimate of drug-likeness (QED) is 0.612. The highest BCUT2D eigenvalue weighted by Gasteiger charge is 2.11. The lowest BCUT2D eigenvalue weighted by molar-refractivity contribution is 0.0953. The van der Waals surface area contributed by atoms with E-state index in [2.05, 4.69) is 21.2 Å². The van der Waals surface area contributed by atoms with Crippen LogP contribution < -0.4 is 11.1 Å². The van der Waals surface area contributed by atoms with E-state index in [1.807, 2.05) is 0 Å². The van der Waals surface area contributed by atoms with Gasteiger partial charge in [0.2, 0.25) is 0 Å². The number of hydrogen-bond donors (Lipinski definition) is 2. The number of rotatable bonds is 6. The molecule has 0 atom stereocenters. The number of amides is 1. The van der Waals surface area contributed by atoms with Crippen LogP contribution in [0.2, 0.25) is 5.02 Å². The summed E-state index contributed by atoms with van der Waals surface area (Å²) in [4.78, 5) is 12.4. The monoisotopic (exact) mass is 348 g/mol. The highest BCUT2D eigenvalue weighted by Crippen LogP contribution is 2.25. The van der Waals surface area contributed by atoms with E-state index in [4.69, 9.17) is 29.6 Å². The van der Waals surface area contributed by atoms with E-state index in [0.29, 0.717) is 33.0 Å². The SMILES string of the molecule is NC(=S)CCCCNC(=O)c1cccc(Br)c1Cl. The van der Waals surface area contributed by atoms with Crippen LogP contribution in [-0.2, 0) is 0 Å². The van der Waals surface area contributed by atoms with Crippen LogP contribution in [0.1, 0.15) is 29.6 Å². The van der Waals surface area contributed by atoms with Gasteiger partial charge in [-0.2, -0.15) is 0 Å². The van der Waals surface area contributed by atoms with Gasteiger partial charge < -0.3 is 11.1 Å². The largest absolute Gasteiger partial charge is 0.393 e. The fourth-order valence-corrected chi connectivity index (χ4v) is 2.12. The molecule has 1 aromatic carbocycles. The molecule has 0 fully saturated rings. The zero-order chi connectivity index (χ0) is 13.5. The van der Waals surface area contributed by atoms with Gasteiger partial charge in [0.25, 0.3) is 5.91 Å². The lowest BCUT2D eigenvalue weighted by atomic mass is 10.2. The van der Waals surface area contributed by atoms with Crippen LogP contribution in [0.15, 0.2) is 22.7 Å². The second-order valence-electron chi connectivity index (χ2n) is 3.78. The average Bonchev–Trinajstić information content (AvgIpc) is 2.31. The van der Waals surface area contributed by atoms with Crippen molar-refractivity contribution in [2.75, 3.05) is 6.54 Å². The van der Waals surface area contributed by atoms with Crippen LogP contribution >= 0.6 is 39.7 Å². The first kappa shape index (κ1) is 15.4. The molecular formula is C12H14BrClN2OS. The van der Waals surface area contributed by atoms with Crippen molar-refractivity contribution in [1.29, 1.82) is 0 Å². The van der Waals surface area contributed by atoms with Crippen molar-refractivity contribution in [2.24, 2.45) is 5.73 Å². The molecule has 0 spiro atoms. The molecule has 98 valence electrons. The highest BCUT2D eigenvalue weighted by atomic mass is 79.9. The molecule has 0 unspecified atom stereocenters. The number of benzene rings is 1. The van der Waals surface area contributed by atoms with Crippen LogP contribution in [0, 0.1) is 0 Å². The Morgan fingerprint density at radius 3 is 2.83 bits per heavy atom. The number of hydrogen-bond acceptors (Lipinski definition) is 2. The van der Waals surface area contributed by atoms with Crippen LogP contribution in [0.3, 0.4) is 0 Å². The molecule has 3 N–H and O–H groups in total. The van der Waals surface area contributed by atoms with E-state index < -0.39 is 0 Å². The standard InChI is InChI=1S/C12H14BrClN2OS/c13-9-5-3-4-8(11(9)14)12(17)16-7-2-1-6-10(15)18/h3-5H,1-2,6-7H2,(H2,15,18)(H,16,17). The van der Waals surface area contributed by atoms with E-state index >= 15 is 0 Å². The lowest BCUT2D eigenvalue weighted by Crippen LogP contribution is -2.25. The van der Waals surface area contributed by atoms with Gasteiger partial charge in [-0.1, -0.05) is 29.9 Å². The van der Waals surface area contributed by atoms with Crippen molar-refractivity contribution >= 4 is 50.6 Å². The van der Waals surface area contributed by atoms with E-state index in [1.54, 1.807) is 18.2 Å². The Balaban J connectivity index is 2.41. The smallest absolute Gasteiger partial charge is 0.252 e. The maximum atomic E-state index is 11.8. The molecule has 0 radical (unpaired) electrons. The number of unbranched alkanes of at least 4 members (excludes halogenated alkanes) is 1. The molecule has 1 amide bonds. The van der Waals surface area contributed by atoms with Crippen molar-refractivity contribution in [3.63, 3.8) is 0 Å². The zero-order valence-corrected chi connectivity index (χ0v) is 12.9. The van der Waals surface area contributed by atoms with E-state index in [9.17, 15) is 4.79 Å². The number of carbonyl (C=O) groups is 1. The first-order chi connectivity index (χ1) is 8.52. The van der Waals surface area contributed by atoms with E-state index in [1.165, 1.54) is 0 Å². The molecule has 0 bridgehead atoms. The molecule has 0 saturated carbocycles. The molecule has 0 aliphatic rings. The third-order valence-corrected chi connectivity index (χ3v) is 3.83. The van der Waals surface area contributed by atoms with Gasteiger partial charge >= 0.3 is 0 Å². The third kappa shape index (κ3) is 4.92. The fourth-order valence-electron chi connectivity index (χ4n) is 1.40. The Morgan fingerprint density at radius 2 is 2.17 bits per heavy atom. The third-order valence-electron chi connectivity index (χ3n) is 2.33. The Kier molecular flexibility index (Phi) is 6.60. The van der Waals surface area contributed by atoms with Gasteiger partial charge in [-0.15, -0.1) is 0 Å². The number of nitrogens with one attached hydrogen (secondary N) is 1. The predicted octanol–water partition coefficient (Wildman–Crippen LogP) is 3.29. The molecule has 0 aliphatic heterocycles. The zero-order valence-electron chi connectivity index (χ0n) is 9.71. The van der Waals surface area contributed by atoms with Crippen molar-refractivity contribution in [3.05, 3.63) is 33.3 Å². The molecule has 6 heteroatoms. The number of nitrogens with two attached hydrogens (primary N) is 1. The molecule has 18 heavy (non-hydrogen) atoms. The maximum absolute atomic E-state index is 11.8.